The summed E-state index contributed by atoms with van der Waals surface area (Å²) in [4.78, 5) is 10.9. The fraction of sp³-hybridized carbons (Fsp3) is 0.963. The Morgan fingerprint density at radius 2 is 1.34 bits per heavy atom. The molecular weight excluding hydrogens is 483 g/mol. The highest BCUT2D eigenvalue weighted by atomic mass is 32.2. The van der Waals surface area contributed by atoms with Crippen LogP contribution in [0, 0.1) is 0 Å². The highest BCUT2D eigenvalue weighted by molar-refractivity contribution is 7.99. The molecule has 2 N–H and O–H groups in total. The van der Waals surface area contributed by atoms with E-state index >= 15 is 0 Å². The predicted octanol–water partition coefficient (Wildman–Crippen LogP) is 8.20. The van der Waals surface area contributed by atoms with Crippen molar-refractivity contribution in [1.82, 2.24) is 0 Å². The van der Waals surface area contributed by atoms with Gasteiger partial charge in [-0.05, 0) is 31.9 Å². The second-order valence-electron chi connectivity index (χ2n) is 9.58. The molecule has 3 atom stereocenters. The van der Waals surface area contributed by atoms with Crippen LogP contribution in [0.3, 0.4) is 0 Å². The number of carboxylic acid groups (broad SMARTS) is 1. The Hall–Kier alpha value is -0.200. The molecule has 0 aliphatic rings. The molecule has 8 heteroatoms. The molecule has 0 heterocycles. The number of aliphatic carboxylic acids is 1. The van der Waals surface area contributed by atoms with Crippen molar-refractivity contribution in [3.05, 3.63) is 0 Å². The van der Waals surface area contributed by atoms with E-state index < -0.39 is 20.0 Å². The van der Waals surface area contributed by atoms with Gasteiger partial charge in [-0.3, -0.25) is 4.57 Å². The van der Waals surface area contributed by atoms with Crippen LogP contribution in [0.25, 0.3) is 0 Å². The van der Waals surface area contributed by atoms with Crippen LogP contribution in [0.1, 0.15) is 130 Å². The molecule has 208 valence electrons. The minimum atomic E-state index is -2.67. The monoisotopic (exact) mass is 536 g/mol. The Labute approximate surface area is 220 Å². The predicted molar refractivity (Wildman–Crippen MR) is 148 cm³/mol. The number of rotatable bonds is 27. The topological polar surface area (TPSA) is 93.1 Å². The number of carbonyl (C=O) groups is 1. The normalized spacial score (nSPS) is 15.2. The van der Waals surface area contributed by atoms with Gasteiger partial charge in [0, 0.05) is 11.9 Å². The SMILES string of the molecule is CCCCCCCCCCCSC(CCCCCCCC)C(C)OCCCOC(O)(P=O)C(=O)O. The molecule has 0 rings (SSSR count). The van der Waals surface area contributed by atoms with Gasteiger partial charge in [0.25, 0.3) is 0 Å². The van der Waals surface area contributed by atoms with Gasteiger partial charge >= 0.3 is 11.5 Å². The summed E-state index contributed by atoms with van der Waals surface area (Å²) in [6.07, 6.45) is 21.5. The molecule has 0 aliphatic heterocycles. The third-order valence-electron chi connectivity index (χ3n) is 6.32. The fourth-order valence-electron chi connectivity index (χ4n) is 4.00. The quantitative estimate of drug-likeness (QED) is 0.0621. The minimum Gasteiger partial charge on any atom is -0.477 e. The van der Waals surface area contributed by atoms with E-state index in [1.54, 1.807) is 0 Å². The summed E-state index contributed by atoms with van der Waals surface area (Å²) >= 11 is 2.03. The van der Waals surface area contributed by atoms with Gasteiger partial charge in [0.05, 0.1) is 12.7 Å². The largest absolute Gasteiger partial charge is 0.477 e. The summed E-state index contributed by atoms with van der Waals surface area (Å²) < 4.78 is 21.8. The molecule has 0 amide bonds. The van der Waals surface area contributed by atoms with Gasteiger partial charge in [-0.1, -0.05) is 104 Å². The van der Waals surface area contributed by atoms with E-state index in [1.165, 1.54) is 102 Å². The fourth-order valence-corrected chi connectivity index (χ4v) is 5.58. The number of carboxylic acids is 1. The maximum absolute atomic E-state index is 10.9. The lowest BCUT2D eigenvalue weighted by Gasteiger charge is -2.24. The van der Waals surface area contributed by atoms with E-state index in [-0.39, 0.29) is 12.7 Å². The highest BCUT2D eigenvalue weighted by Crippen LogP contribution is 2.26. The standard InChI is InChI=1S/C27H53O6PS/c1-4-6-8-10-12-13-14-16-18-23-35-25(20-17-15-11-9-7-5-2)24(3)32-21-19-22-33-27(30,34-31)26(28)29/h24-25,30H,4-23H2,1-3H3,(H,28,29). The molecule has 0 saturated heterocycles. The Bertz CT molecular complexity index is 510. The van der Waals surface area contributed by atoms with Crippen LogP contribution in [0.2, 0.25) is 0 Å². The summed E-state index contributed by atoms with van der Waals surface area (Å²) in [6, 6.07) is 0. The first-order chi connectivity index (χ1) is 16.9. The molecule has 6 nitrogen and oxygen atoms in total. The van der Waals surface area contributed by atoms with Crippen molar-refractivity contribution in [2.24, 2.45) is 0 Å². The van der Waals surface area contributed by atoms with Crippen LogP contribution < -0.4 is 0 Å². The van der Waals surface area contributed by atoms with E-state index in [2.05, 4.69) is 20.8 Å². The lowest BCUT2D eigenvalue weighted by atomic mass is 10.1. The van der Waals surface area contributed by atoms with E-state index in [0.717, 1.165) is 6.42 Å². The van der Waals surface area contributed by atoms with E-state index in [1.807, 2.05) is 11.8 Å². The number of aliphatic hydroxyl groups is 1. The summed E-state index contributed by atoms with van der Waals surface area (Å²) in [7, 11) is -0.976. The van der Waals surface area contributed by atoms with E-state index in [9.17, 15) is 14.5 Å². The van der Waals surface area contributed by atoms with Gasteiger partial charge in [-0.25, -0.2) is 4.79 Å². The summed E-state index contributed by atoms with van der Waals surface area (Å²) in [6.45, 7) is 7.01. The summed E-state index contributed by atoms with van der Waals surface area (Å²) in [5, 5.41) is 18.9. The lowest BCUT2D eigenvalue weighted by Crippen LogP contribution is -2.36. The first-order valence-electron chi connectivity index (χ1n) is 14.1. The average Bonchev–Trinajstić information content (AvgIpc) is 2.85. The first-order valence-corrected chi connectivity index (χ1v) is 15.9. The molecule has 35 heavy (non-hydrogen) atoms. The molecule has 3 unspecified atom stereocenters. The van der Waals surface area contributed by atoms with Gasteiger partial charge in [0.1, 0.15) is 0 Å². The minimum absolute atomic E-state index is 0.0293. The van der Waals surface area contributed by atoms with Gasteiger partial charge in [0.2, 0.25) is 8.46 Å². The Morgan fingerprint density at radius 3 is 1.86 bits per heavy atom. The number of ether oxygens (including phenoxy) is 2. The molecule has 0 spiro atoms. The number of unbranched alkanes of at least 4 members (excludes halogenated alkanes) is 13. The van der Waals surface area contributed by atoms with E-state index in [0.29, 0.717) is 18.3 Å². The van der Waals surface area contributed by atoms with Crippen LogP contribution >= 0.6 is 20.2 Å². The zero-order valence-corrected chi connectivity index (χ0v) is 24.4. The molecular formula is C27H53O6PS. The number of thioether (sulfide) groups is 1. The number of hydrogen-bond acceptors (Lipinski definition) is 6. The van der Waals surface area contributed by atoms with Gasteiger partial charge in [-0.15, -0.1) is 0 Å². The molecule has 0 aromatic rings. The van der Waals surface area contributed by atoms with Crippen molar-refractivity contribution in [2.45, 2.75) is 147 Å². The third-order valence-corrected chi connectivity index (χ3v) is 8.46. The Balaban J connectivity index is 4.24. The van der Waals surface area contributed by atoms with Crippen LogP contribution in [-0.4, -0.2) is 52.0 Å². The molecule has 0 fully saturated rings. The molecule has 0 aromatic heterocycles. The van der Waals surface area contributed by atoms with Crippen molar-refractivity contribution in [2.75, 3.05) is 19.0 Å². The van der Waals surface area contributed by atoms with Crippen molar-refractivity contribution in [3.63, 3.8) is 0 Å². The van der Waals surface area contributed by atoms with Gasteiger partial charge < -0.3 is 19.7 Å². The van der Waals surface area contributed by atoms with Crippen molar-refractivity contribution in [3.8, 4) is 0 Å². The average molecular weight is 537 g/mol. The van der Waals surface area contributed by atoms with E-state index in [4.69, 9.17) is 14.6 Å². The highest BCUT2D eigenvalue weighted by Gasteiger charge is 2.38. The van der Waals surface area contributed by atoms with Crippen LogP contribution in [0.15, 0.2) is 0 Å². The molecule has 0 aliphatic carbocycles. The second kappa shape index (κ2) is 24.2. The number of hydrogen-bond donors (Lipinski definition) is 2. The molecule has 0 aromatic carbocycles. The second-order valence-corrected chi connectivity index (χ2v) is 11.7. The maximum atomic E-state index is 10.9. The van der Waals surface area contributed by atoms with Gasteiger partial charge in [0.15, 0.2) is 0 Å². The van der Waals surface area contributed by atoms with Crippen molar-refractivity contribution >= 4 is 26.2 Å². The van der Waals surface area contributed by atoms with Crippen LogP contribution in [0.5, 0.6) is 0 Å². The smallest absolute Gasteiger partial charge is 0.377 e. The molecule has 0 saturated carbocycles. The summed E-state index contributed by atoms with van der Waals surface area (Å²) in [5.41, 5.74) is -2.67. The Kier molecular flexibility index (Phi) is 24.0. The lowest BCUT2D eigenvalue weighted by molar-refractivity contribution is -0.190. The zero-order chi connectivity index (χ0) is 26.2. The maximum Gasteiger partial charge on any atom is 0.377 e. The first kappa shape index (κ1) is 34.8. The third kappa shape index (κ3) is 19.6. The van der Waals surface area contributed by atoms with Gasteiger partial charge in [-0.2, -0.15) is 11.8 Å². The Morgan fingerprint density at radius 1 is 0.829 bits per heavy atom. The van der Waals surface area contributed by atoms with Crippen molar-refractivity contribution < 1.29 is 29.0 Å². The summed E-state index contributed by atoms with van der Waals surface area (Å²) in [5.74, 6) is -0.489. The van der Waals surface area contributed by atoms with Crippen LogP contribution in [0.4, 0.5) is 0 Å². The van der Waals surface area contributed by atoms with Crippen LogP contribution in [-0.2, 0) is 18.8 Å². The molecule has 0 radical (unpaired) electrons. The molecule has 0 bridgehead atoms. The zero-order valence-electron chi connectivity index (χ0n) is 22.7. The van der Waals surface area contributed by atoms with Crippen molar-refractivity contribution in [1.29, 1.82) is 0 Å².